The molecular weight excluding hydrogens is 433 g/mol. The van der Waals surface area contributed by atoms with Crippen LogP contribution < -0.4 is 10.9 Å². The van der Waals surface area contributed by atoms with Crippen molar-refractivity contribution in [2.45, 2.75) is 0 Å². The summed E-state index contributed by atoms with van der Waals surface area (Å²) in [5, 5.41) is 9.12. The molecule has 3 aromatic carbocycles. The third-order valence-corrected chi connectivity index (χ3v) is 5.07. The predicted molar refractivity (Wildman–Crippen MR) is 117 cm³/mol. The Morgan fingerprint density at radius 2 is 1.52 bits per heavy atom. The van der Waals surface area contributed by atoms with E-state index in [4.69, 9.17) is 34.8 Å². The van der Waals surface area contributed by atoms with E-state index in [1.807, 2.05) is 0 Å². The van der Waals surface area contributed by atoms with Gasteiger partial charge in [-0.1, -0.05) is 53.0 Å². The van der Waals surface area contributed by atoms with Crippen LogP contribution in [0.3, 0.4) is 0 Å². The largest absolute Gasteiger partial charge is 0.319 e. The molecule has 5 nitrogen and oxygen atoms in total. The first kappa shape index (κ1) is 19.5. The van der Waals surface area contributed by atoms with Crippen molar-refractivity contribution in [1.82, 2.24) is 9.78 Å². The SMILES string of the molecule is O=C(Nc1ccc(Cl)cc1Cl)c1nn(-c2ccc(Cl)cc2)c(=O)c2ccccc12. The molecule has 0 bridgehead atoms. The van der Waals surface area contributed by atoms with Gasteiger partial charge in [0.15, 0.2) is 5.69 Å². The quantitative estimate of drug-likeness (QED) is 0.447. The van der Waals surface area contributed by atoms with E-state index in [1.165, 1.54) is 10.7 Å². The lowest BCUT2D eigenvalue weighted by Gasteiger charge is -2.12. The highest BCUT2D eigenvalue weighted by molar-refractivity contribution is 6.37. The van der Waals surface area contributed by atoms with Crippen LogP contribution in [-0.4, -0.2) is 15.7 Å². The minimum Gasteiger partial charge on any atom is -0.319 e. The molecule has 0 spiro atoms. The van der Waals surface area contributed by atoms with Gasteiger partial charge in [0.2, 0.25) is 0 Å². The van der Waals surface area contributed by atoms with Gasteiger partial charge in [0.25, 0.3) is 11.5 Å². The molecule has 0 fully saturated rings. The molecule has 29 heavy (non-hydrogen) atoms. The van der Waals surface area contributed by atoms with E-state index in [0.29, 0.717) is 37.2 Å². The lowest BCUT2D eigenvalue weighted by atomic mass is 10.1. The first-order valence-corrected chi connectivity index (χ1v) is 9.62. The van der Waals surface area contributed by atoms with E-state index in [-0.39, 0.29) is 11.3 Å². The summed E-state index contributed by atoms with van der Waals surface area (Å²) in [4.78, 5) is 26.0. The number of halogens is 3. The predicted octanol–water partition coefficient (Wildman–Crippen LogP) is 5.60. The molecule has 1 heterocycles. The molecule has 4 rings (SSSR count). The number of amides is 1. The fourth-order valence-electron chi connectivity index (χ4n) is 2.89. The molecular formula is C21H12Cl3N3O2. The van der Waals surface area contributed by atoms with E-state index in [9.17, 15) is 9.59 Å². The second-order valence-electron chi connectivity index (χ2n) is 6.17. The van der Waals surface area contributed by atoms with Crippen LogP contribution in [0.5, 0.6) is 0 Å². The molecule has 4 aromatic rings. The number of rotatable bonds is 3. The zero-order chi connectivity index (χ0) is 20.5. The summed E-state index contributed by atoms with van der Waals surface area (Å²) in [6.07, 6.45) is 0. The maximum absolute atomic E-state index is 13.0. The second kappa shape index (κ2) is 7.87. The molecule has 0 aliphatic heterocycles. The molecule has 8 heteroatoms. The Balaban J connectivity index is 1.87. The lowest BCUT2D eigenvalue weighted by molar-refractivity contribution is 0.102. The van der Waals surface area contributed by atoms with Crippen LogP contribution in [0, 0.1) is 0 Å². The van der Waals surface area contributed by atoms with Crippen molar-refractivity contribution in [3.8, 4) is 5.69 Å². The van der Waals surface area contributed by atoms with Crippen molar-refractivity contribution in [2.75, 3.05) is 5.32 Å². The summed E-state index contributed by atoms with van der Waals surface area (Å²) >= 11 is 18.0. The number of nitrogens with one attached hydrogen (secondary N) is 1. The molecule has 1 amide bonds. The van der Waals surface area contributed by atoms with Crippen LogP contribution in [-0.2, 0) is 0 Å². The fraction of sp³-hybridized carbons (Fsp3) is 0. The van der Waals surface area contributed by atoms with Crippen LogP contribution in [0.1, 0.15) is 10.5 Å². The average Bonchev–Trinajstić information content (AvgIpc) is 2.71. The van der Waals surface area contributed by atoms with Crippen molar-refractivity contribution in [3.05, 3.63) is 97.8 Å². The van der Waals surface area contributed by atoms with Gasteiger partial charge in [-0.05, 0) is 48.5 Å². The summed E-state index contributed by atoms with van der Waals surface area (Å²) in [6, 6.07) is 18.1. The maximum atomic E-state index is 13.0. The lowest BCUT2D eigenvalue weighted by Crippen LogP contribution is -2.26. The van der Waals surface area contributed by atoms with E-state index in [2.05, 4.69) is 10.4 Å². The zero-order valence-electron chi connectivity index (χ0n) is 14.7. The Kier molecular flexibility index (Phi) is 5.28. The Morgan fingerprint density at radius 3 is 2.21 bits per heavy atom. The fourth-order valence-corrected chi connectivity index (χ4v) is 3.47. The van der Waals surface area contributed by atoms with Crippen LogP contribution in [0.4, 0.5) is 5.69 Å². The van der Waals surface area contributed by atoms with Crippen molar-refractivity contribution < 1.29 is 4.79 Å². The minimum absolute atomic E-state index is 0.0844. The second-order valence-corrected chi connectivity index (χ2v) is 7.45. The third kappa shape index (κ3) is 3.85. The Hall–Kier alpha value is -2.86. The average molecular weight is 445 g/mol. The van der Waals surface area contributed by atoms with Gasteiger partial charge in [0, 0.05) is 15.4 Å². The maximum Gasteiger partial charge on any atom is 0.279 e. The number of benzene rings is 3. The molecule has 0 unspecified atom stereocenters. The van der Waals surface area contributed by atoms with Crippen molar-refractivity contribution >= 4 is 57.2 Å². The third-order valence-electron chi connectivity index (χ3n) is 4.27. The van der Waals surface area contributed by atoms with Crippen LogP contribution in [0.15, 0.2) is 71.5 Å². The molecule has 0 aliphatic rings. The molecule has 0 saturated carbocycles. The standard InChI is InChI=1S/C21H12Cl3N3O2/c22-12-5-8-14(9-6-12)27-21(29)16-4-2-1-3-15(16)19(26-27)20(28)25-18-10-7-13(23)11-17(18)24/h1-11H,(H,25,28). The molecule has 1 N–H and O–H groups in total. The summed E-state index contributed by atoms with van der Waals surface area (Å²) in [6.45, 7) is 0. The molecule has 144 valence electrons. The van der Waals surface area contributed by atoms with Gasteiger partial charge in [0.05, 0.1) is 21.8 Å². The zero-order valence-corrected chi connectivity index (χ0v) is 17.0. The topological polar surface area (TPSA) is 64.0 Å². The normalized spacial score (nSPS) is 10.9. The number of carbonyl (C=O) groups is 1. The van der Waals surface area contributed by atoms with Gasteiger partial charge in [-0.15, -0.1) is 0 Å². The Labute approximate surface area is 180 Å². The number of hydrogen-bond acceptors (Lipinski definition) is 3. The monoisotopic (exact) mass is 443 g/mol. The van der Waals surface area contributed by atoms with Crippen LogP contribution >= 0.6 is 34.8 Å². The summed E-state index contributed by atoms with van der Waals surface area (Å²) in [5.41, 5.74) is 0.616. The number of anilines is 1. The highest BCUT2D eigenvalue weighted by atomic mass is 35.5. The van der Waals surface area contributed by atoms with E-state index in [0.717, 1.165) is 0 Å². The highest BCUT2D eigenvalue weighted by Crippen LogP contribution is 2.26. The summed E-state index contributed by atoms with van der Waals surface area (Å²) in [5.74, 6) is -0.506. The number of carbonyl (C=O) groups excluding carboxylic acids is 1. The molecule has 0 aliphatic carbocycles. The van der Waals surface area contributed by atoms with Gasteiger partial charge in [0.1, 0.15) is 0 Å². The minimum atomic E-state index is -0.506. The van der Waals surface area contributed by atoms with Crippen molar-refractivity contribution in [3.63, 3.8) is 0 Å². The van der Waals surface area contributed by atoms with Crippen LogP contribution in [0.25, 0.3) is 16.5 Å². The van der Waals surface area contributed by atoms with Gasteiger partial charge in [-0.2, -0.15) is 9.78 Å². The molecule has 1 aromatic heterocycles. The van der Waals surface area contributed by atoms with Crippen LogP contribution in [0.2, 0.25) is 15.1 Å². The number of fused-ring (bicyclic) bond motifs is 1. The Bertz CT molecular complexity index is 1300. The van der Waals surface area contributed by atoms with Gasteiger partial charge in [-0.25, -0.2) is 0 Å². The van der Waals surface area contributed by atoms with E-state index >= 15 is 0 Å². The van der Waals surface area contributed by atoms with E-state index in [1.54, 1.807) is 60.7 Å². The number of aromatic nitrogens is 2. The van der Waals surface area contributed by atoms with Gasteiger partial charge >= 0.3 is 0 Å². The highest BCUT2D eigenvalue weighted by Gasteiger charge is 2.18. The van der Waals surface area contributed by atoms with Crippen molar-refractivity contribution in [2.24, 2.45) is 0 Å². The molecule has 0 atom stereocenters. The number of nitrogens with zero attached hydrogens (tertiary/aromatic N) is 2. The van der Waals surface area contributed by atoms with E-state index < -0.39 is 5.91 Å². The van der Waals surface area contributed by atoms with Gasteiger partial charge < -0.3 is 5.32 Å². The number of hydrogen-bond donors (Lipinski definition) is 1. The van der Waals surface area contributed by atoms with Gasteiger partial charge in [-0.3, -0.25) is 9.59 Å². The Morgan fingerprint density at radius 1 is 0.862 bits per heavy atom. The van der Waals surface area contributed by atoms with Crippen molar-refractivity contribution in [1.29, 1.82) is 0 Å². The molecule has 0 saturated heterocycles. The summed E-state index contributed by atoms with van der Waals surface area (Å²) < 4.78 is 1.18. The molecule has 0 radical (unpaired) electrons. The first-order valence-electron chi connectivity index (χ1n) is 8.48. The summed E-state index contributed by atoms with van der Waals surface area (Å²) in [7, 11) is 0. The first-order chi connectivity index (χ1) is 13.9. The smallest absolute Gasteiger partial charge is 0.279 e.